The molecule has 0 spiro atoms. The SMILES string of the molecule is Cc1ncc(CO)c(/C=N\NC(=O)CCN2CCN(c3ccccc3)CC2)c1O. The molecule has 1 aliphatic heterocycles. The second kappa shape index (κ2) is 9.99. The number of aromatic hydroxyl groups is 1. The normalized spacial score (nSPS) is 15.0. The Bertz CT molecular complexity index is 849. The van der Waals surface area contributed by atoms with Gasteiger partial charge in [0.25, 0.3) is 0 Å². The van der Waals surface area contributed by atoms with Crippen LogP contribution >= 0.6 is 0 Å². The van der Waals surface area contributed by atoms with Crippen LogP contribution in [0.2, 0.25) is 0 Å². The molecule has 2 aromatic rings. The van der Waals surface area contributed by atoms with Crippen LogP contribution in [0.3, 0.4) is 0 Å². The Morgan fingerprint density at radius 1 is 1.24 bits per heavy atom. The number of nitrogens with zero attached hydrogens (tertiary/aromatic N) is 4. The van der Waals surface area contributed by atoms with Crippen LogP contribution in [0, 0.1) is 6.92 Å². The molecule has 1 aromatic carbocycles. The number of aliphatic hydroxyl groups excluding tert-OH is 1. The standard InChI is InChI=1S/C21H27N5O3/c1-16-21(29)19(17(15-27)13-22-16)14-23-24-20(28)7-8-25-9-11-26(12-10-25)18-5-3-2-4-6-18/h2-6,13-14,27,29H,7-12,15H2,1H3,(H,24,28)/b23-14-. The molecular weight excluding hydrogens is 370 g/mol. The lowest BCUT2D eigenvalue weighted by Gasteiger charge is -2.36. The molecule has 1 aliphatic rings. The quantitative estimate of drug-likeness (QED) is 0.480. The molecule has 0 bridgehead atoms. The van der Waals surface area contributed by atoms with Gasteiger partial charge in [-0.15, -0.1) is 0 Å². The highest BCUT2D eigenvalue weighted by Crippen LogP contribution is 2.21. The molecule has 8 nitrogen and oxygen atoms in total. The number of carbonyl (C=O) groups is 1. The molecule has 2 heterocycles. The van der Waals surface area contributed by atoms with Crippen LogP contribution in [0.4, 0.5) is 5.69 Å². The highest BCUT2D eigenvalue weighted by atomic mass is 16.3. The lowest BCUT2D eigenvalue weighted by molar-refractivity contribution is -0.121. The Hall–Kier alpha value is -2.97. The fourth-order valence-electron chi connectivity index (χ4n) is 3.28. The molecule has 1 fully saturated rings. The topological polar surface area (TPSA) is 101 Å². The Morgan fingerprint density at radius 2 is 1.97 bits per heavy atom. The molecule has 3 rings (SSSR count). The van der Waals surface area contributed by atoms with Gasteiger partial charge in [0.05, 0.1) is 18.5 Å². The van der Waals surface area contributed by atoms with E-state index in [0.29, 0.717) is 29.8 Å². The number of piperazine rings is 1. The first-order chi connectivity index (χ1) is 14.1. The van der Waals surface area contributed by atoms with E-state index in [1.54, 1.807) is 6.92 Å². The van der Waals surface area contributed by atoms with Crippen LogP contribution in [0.25, 0.3) is 0 Å². The maximum atomic E-state index is 12.1. The van der Waals surface area contributed by atoms with E-state index in [2.05, 4.69) is 37.4 Å². The van der Waals surface area contributed by atoms with Gasteiger partial charge in [-0.05, 0) is 19.1 Å². The van der Waals surface area contributed by atoms with Gasteiger partial charge in [0.15, 0.2) is 0 Å². The van der Waals surface area contributed by atoms with Crippen molar-refractivity contribution in [3.8, 4) is 5.75 Å². The molecule has 0 unspecified atom stereocenters. The van der Waals surface area contributed by atoms with E-state index in [-0.39, 0.29) is 18.3 Å². The third kappa shape index (κ3) is 5.52. The number of rotatable bonds is 7. The summed E-state index contributed by atoms with van der Waals surface area (Å²) in [6.45, 7) is 5.76. The zero-order valence-electron chi connectivity index (χ0n) is 16.6. The number of anilines is 1. The van der Waals surface area contributed by atoms with Gasteiger partial charge in [0.1, 0.15) is 5.75 Å². The summed E-state index contributed by atoms with van der Waals surface area (Å²) in [5, 5.41) is 23.3. The number of carbonyl (C=O) groups excluding carboxylic acids is 1. The molecule has 8 heteroatoms. The van der Waals surface area contributed by atoms with Crippen molar-refractivity contribution in [1.29, 1.82) is 0 Å². The first-order valence-corrected chi connectivity index (χ1v) is 9.71. The summed E-state index contributed by atoms with van der Waals surface area (Å²) in [4.78, 5) is 20.7. The van der Waals surface area contributed by atoms with Crippen molar-refractivity contribution in [2.45, 2.75) is 20.0 Å². The number of aliphatic hydroxyl groups is 1. The zero-order valence-corrected chi connectivity index (χ0v) is 16.6. The van der Waals surface area contributed by atoms with Gasteiger partial charge < -0.3 is 15.1 Å². The zero-order chi connectivity index (χ0) is 20.6. The van der Waals surface area contributed by atoms with Crippen LogP contribution in [0.5, 0.6) is 5.75 Å². The lowest BCUT2D eigenvalue weighted by atomic mass is 10.1. The van der Waals surface area contributed by atoms with Crippen molar-refractivity contribution in [3.05, 3.63) is 53.3 Å². The Balaban J connectivity index is 1.43. The summed E-state index contributed by atoms with van der Waals surface area (Å²) < 4.78 is 0. The minimum atomic E-state index is -0.273. The van der Waals surface area contributed by atoms with E-state index in [1.165, 1.54) is 18.1 Å². The lowest BCUT2D eigenvalue weighted by Crippen LogP contribution is -2.47. The molecule has 29 heavy (non-hydrogen) atoms. The molecule has 1 aromatic heterocycles. The second-order valence-electron chi connectivity index (χ2n) is 7.00. The Kier molecular flexibility index (Phi) is 7.15. The molecule has 3 N–H and O–H groups in total. The van der Waals surface area contributed by atoms with Crippen molar-refractivity contribution in [3.63, 3.8) is 0 Å². The summed E-state index contributed by atoms with van der Waals surface area (Å²) in [6, 6.07) is 10.3. The van der Waals surface area contributed by atoms with Gasteiger partial charge >= 0.3 is 0 Å². The number of benzene rings is 1. The number of hydrogen-bond donors (Lipinski definition) is 3. The monoisotopic (exact) mass is 397 g/mol. The Morgan fingerprint density at radius 3 is 2.66 bits per heavy atom. The third-order valence-electron chi connectivity index (χ3n) is 5.06. The average Bonchev–Trinajstić information content (AvgIpc) is 2.76. The number of hydrogen-bond acceptors (Lipinski definition) is 7. The molecule has 0 aliphatic carbocycles. The highest BCUT2D eigenvalue weighted by Gasteiger charge is 2.17. The van der Waals surface area contributed by atoms with Crippen molar-refractivity contribution in [1.82, 2.24) is 15.3 Å². The van der Waals surface area contributed by atoms with Crippen LogP contribution in [0.1, 0.15) is 23.2 Å². The number of nitrogens with one attached hydrogen (secondary N) is 1. The molecule has 1 amide bonds. The van der Waals surface area contributed by atoms with Crippen molar-refractivity contribution < 1.29 is 15.0 Å². The first-order valence-electron chi connectivity index (χ1n) is 9.71. The third-order valence-corrected chi connectivity index (χ3v) is 5.06. The van der Waals surface area contributed by atoms with E-state index in [0.717, 1.165) is 26.2 Å². The maximum Gasteiger partial charge on any atom is 0.241 e. The highest BCUT2D eigenvalue weighted by molar-refractivity contribution is 5.87. The van der Waals surface area contributed by atoms with Gasteiger partial charge in [-0.3, -0.25) is 14.7 Å². The van der Waals surface area contributed by atoms with Gasteiger partial charge in [0, 0.05) is 62.2 Å². The van der Waals surface area contributed by atoms with Crippen LogP contribution in [0.15, 0.2) is 41.6 Å². The van der Waals surface area contributed by atoms with Crippen molar-refractivity contribution >= 4 is 17.8 Å². The summed E-state index contributed by atoms with van der Waals surface area (Å²) in [6.07, 6.45) is 3.16. The molecule has 0 saturated carbocycles. The van der Waals surface area contributed by atoms with Crippen LogP contribution in [-0.2, 0) is 11.4 Å². The minimum absolute atomic E-state index is 0.0502. The first kappa shape index (κ1) is 20.8. The van der Waals surface area contributed by atoms with E-state index in [9.17, 15) is 15.0 Å². The van der Waals surface area contributed by atoms with E-state index in [4.69, 9.17) is 0 Å². The molecule has 0 radical (unpaired) electrons. The predicted octanol–water partition coefficient (Wildman–Crippen LogP) is 1.25. The fraction of sp³-hybridized carbons (Fsp3) is 0.381. The summed E-state index contributed by atoms with van der Waals surface area (Å²) >= 11 is 0. The van der Waals surface area contributed by atoms with E-state index in [1.807, 2.05) is 18.2 Å². The maximum absolute atomic E-state index is 12.1. The molecule has 0 atom stereocenters. The number of pyridine rings is 1. The van der Waals surface area contributed by atoms with Gasteiger partial charge in [0.2, 0.25) is 5.91 Å². The molecule has 1 saturated heterocycles. The Labute approximate surface area is 170 Å². The predicted molar refractivity (Wildman–Crippen MR) is 112 cm³/mol. The van der Waals surface area contributed by atoms with Crippen LogP contribution in [-0.4, -0.2) is 64.9 Å². The second-order valence-corrected chi connectivity index (χ2v) is 7.00. The summed E-state index contributed by atoms with van der Waals surface area (Å²) in [5.74, 6) is -0.242. The largest absolute Gasteiger partial charge is 0.505 e. The number of hydrazone groups is 1. The average molecular weight is 397 g/mol. The number of aromatic nitrogens is 1. The van der Waals surface area contributed by atoms with E-state index >= 15 is 0 Å². The fourth-order valence-corrected chi connectivity index (χ4v) is 3.28. The van der Waals surface area contributed by atoms with Crippen molar-refractivity contribution in [2.24, 2.45) is 5.10 Å². The summed E-state index contributed by atoms with van der Waals surface area (Å²) in [7, 11) is 0. The van der Waals surface area contributed by atoms with Gasteiger partial charge in [-0.1, -0.05) is 18.2 Å². The molecular formula is C21H27N5O3. The van der Waals surface area contributed by atoms with E-state index < -0.39 is 0 Å². The molecule has 154 valence electrons. The number of aryl methyl sites for hydroxylation is 1. The van der Waals surface area contributed by atoms with Crippen molar-refractivity contribution in [2.75, 3.05) is 37.6 Å². The van der Waals surface area contributed by atoms with Gasteiger partial charge in [-0.2, -0.15) is 5.10 Å². The number of amides is 1. The smallest absolute Gasteiger partial charge is 0.241 e. The van der Waals surface area contributed by atoms with Gasteiger partial charge in [-0.25, -0.2) is 5.43 Å². The number of para-hydroxylation sites is 1. The minimum Gasteiger partial charge on any atom is -0.505 e. The summed E-state index contributed by atoms with van der Waals surface area (Å²) in [5.41, 5.74) is 4.96. The van der Waals surface area contributed by atoms with Crippen LogP contribution < -0.4 is 10.3 Å².